The molecule has 0 spiro atoms. The van der Waals surface area contributed by atoms with Gasteiger partial charge in [0.2, 0.25) is 0 Å². The van der Waals surface area contributed by atoms with Crippen LogP contribution >= 0.6 is 0 Å². The second-order valence-electron chi connectivity index (χ2n) is 12.6. The predicted octanol–water partition coefficient (Wildman–Crippen LogP) is 5.37. The van der Waals surface area contributed by atoms with E-state index in [0.717, 1.165) is 37.8 Å². The fourth-order valence-electron chi connectivity index (χ4n) is 7.69. The third kappa shape index (κ3) is 4.87. The van der Waals surface area contributed by atoms with E-state index in [2.05, 4.69) is 35.6 Å². The molecule has 2 aliphatic heterocycles. The highest BCUT2D eigenvalue weighted by atomic mass is 19.1. The summed E-state index contributed by atoms with van der Waals surface area (Å²) in [6.07, 6.45) is 5.51. The lowest BCUT2D eigenvalue weighted by molar-refractivity contribution is -0.131. The van der Waals surface area contributed by atoms with Gasteiger partial charge in [0.15, 0.2) is 11.6 Å². The van der Waals surface area contributed by atoms with Crippen molar-refractivity contribution in [2.75, 3.05) is 44.7 Å². The number of aromatic nitrogens is 2. The van der Waals surface area contributed by atoms with E-state index in [1.165, 1.54) is 22.4 Å². The van der Waals surface area contributed by atoms with Crippen LogP contribution in [0.3, 0.4) is 0 Å². The predicted molar refractivity (Wildman–Crippen MR) is 163 cm³/mol. The van der Waals surface area contributed by atoms with Gasteiger partial charge in [-0.3, -0.25) is 4.79 Å². The Hall–Kier alpha value is -4.10. The van der Waals surface area contributed by atoms with Crippen molar-refractivity contribution in [3.05, 3.63) is 59.7 Å². The fraction of sp³-hybridized carbons (Fsp3) is 0.471. The summed E-state index contributed by atoms with van der Waals surface area (Å²) in [7, 11) is 2.06. The number of amides is 1. The highest BCUT2D eigenvalue weighted by Gasteiger charge is 2.41. The van der Waals surface area contributed by atoms with Crippen molar-refractivity contribution < 1.29 is 18.3 Å². The number of likely N-dealkylation sites (N-methyl/N-ethyl adjacent to an activating group) is 1. The molecule has 1 amide bonds. The lowest BCUT2D eigenvalue weighted by atomic mass is 9.73. The van der Waals surface area contributed by atoms with Gasteiger partial charge in [0, 0.05) is 36.6 Å². The first-order valence-electron chi connectivity index (χ1n) is 15.6. The Bertz CT molecular complexity index is 1690. The van der Waals surface area contributed by atoms with Gasteiger partial charge in [0.25, 0.3) is 5.91 Å². The zero-order chi connectivity index (χ0) is 30.5. The Kier molecular flexibility index (Phi) is 7.45. The monoisotopic (exact) mass is 598 g/mol. The van der Waals surface area contributed by atoms with E-state index in [4.69, 9.17) is 9.72 Å². The van der Waals surface area contributed by atoms with E-state index >= 15 is 4.39 Å². The maximum Gasteiger partial charge on any atom is 0.319 e. The Labute approximate surface area is 255 Å². The van der Waals surface area contributed by atoms with Crippen molar-refractivity contribution in [2.24, 2.45) is 5.92 Å². The van der Waals surface area contributed by atoms with Gasteiger partial charge in [-0.1, -0.05) is 30.8 Å². The van der Waals surface area contributed by atoms with Crippen molar-refractivity contribution in [3.63, 3.8) is 0 Å². The summed E-state index contributed by atoms with van der Waals surface area (Å²) >= 11 is 0. The number of halogens is 2. The van der Waals surface area contributed by atoms with Gasteiger partial charge in [0.1, 0.15) is 17.9 Å². The lowest BCUT2D eigenvalue weighted by Gasteiger charge is -2.41. The zero-order valence-electron chi connectivity index (χ0n) is 24.9. The summed E-state index contributed by atoms with van der Waals surface area (Å²) in [4.78, 5) is 27.4. The molecule has 3 aromatic rings. The third-order valence-corrected chi connectivity index (χ3v) is 10.2. The molecule has 4 aliphatic rings. The average Bonchev–Trinajstić information content (AvgIpc) is 3.54. The van der Waals surface area contributed by atoms with Crippen molar-refractivity contribution in [2.45, 2.75) is 56.5 Å². The number of nitriles is 1. The molecule has 0 bridgehead atoms. The van der Waals surface area contributed by atoms with Crippen LogP contribution in [0.25, 0.3) is 22.0 Å². The van der Waals surface area contributed by atoms with Gasteiger partial charge in [-0.05, 0) is 80.3 Å². The quantitative estimate of drug-likeness (QED) is 0.338. The molecule has 2 saturated heterocycles. The summed E-state index contributed by atoms with van der Waals surface area (Å²) in [5, 5.41) is 10.0. The molecule has 228 valence electrons. The van der Waals surface area contributed by atoms with Gasteiger partial charge in [0.05, 0.1) is 18.5 Å². The molecule has 1 saturated carbocycles. The standard InChI is InChI=1S/C34H36F2N6O2/c1-20(35)33(43)42-16-15-41(18-23(42)12-13-37)32-28-11-10-27(26-7-3-5-22-17-21-8-9-25(21)29(22)26)30(36)31(28)38-34(39-32)44-19-24-6-4-14-40(24)2/h3,5,7,10-11,21,23-25H,1,4,6,8-9,12,14-19H2,2H3/t21?,23-,24-,25?/m0/s1. The van der Waals surface area contributed by atoms with Crippen LogP contribution in [0.5, 0.6) is 6.01 Å². The number of carbonyl (C=O) groups is 1. The number of hydrogen-bond donors (Lipinski definition) is 0. The number of ether oxygens (including phenoxy) is 1. The van der Waals surface area contributed by atoms with E-state index in [0.29, 0.717) is 41.8 Å². The molecule has 2 aliphatic carbocycles. The van der Waals surface area contributed by atoms with E-state index in [9.17, 15) is 14.4 Å². The van der Waals surface area contributed by atoms with Crippen LogP contribution in [0.2, 0.25) is 0 Å². The molecule has 3 fully saturated rings. The van der Waals surface area contributed by atoms with Crippen molar-refractivity contribution in [3.8, 4) is 23.2 Å². The highest BCUT2D eigenvalue weighted by molar-refractivity contribution is 5.94. The molecular formula is C34H36F2N6O2. The van der Waals surface area contributed by atoms with Gasteiger partial charge in [-0.2, -0.15) is 15.2 Å². The minimum absolute atomic E-state index is 0.00962. The van der Waals surface area contributed by atoms with Gasteiger partial charge in [-0.15, -0.1) is 0 Å². The molecule has 3 heterocycles. The number of fused-ring (bicyclic) bond motifs is 4. The largest absolute Gasteiger partial charge is 0.462 e. The highest BCUT2D eigenvalue weighted by Crippen LogP contribution is 2.54. The maximum atomic E-state index is 16.7. The van der Waals surface area contributed by atoms with Gasteiger partial charge < -0.3 is 19.4 Å². The van der Waals surface area contributed by atoms with Crippen molar-refractivity contribution >= 4 is 22.6 Å². The summed E-state index contributed by atoms with van der Waals surface area (Å²) in [5.74, 6) is -0.684. The van der Waals surface area contributed by atoms with Crippen LogP contribution in [0.4, 0.5) is 14.6 Å². The molecule has 2 aromatic carbocycles. The Balaban J connectivity index is 1.29. The summed E-state index contributed by atoms with van der Waals surface area (Å²) in [5.41, 5.74) is 4.21. The van der Waals surface area contributed by atoms with Gasteiger partial charge in [-0.25, -0.2) is 8.78 Å². The summed E-state index contributed by atoms with van der Waals surface area (Å²) < 4.78 is 36.7. The molecular weight excluding hydrogens is 562 g/mol. The molecule has 2 unspecified atom stereocenters. The molecule has 4 atom stereocenters. The second kappa shape index (κ2) is 11.4. The summed E-state index contributed by atoms with van der Waals surface area (Å²) in [6.45, 7) is 5.24. The molecule has 1 aromatic heterocycles. The van der Waals surface area contributed by atoms with Gasteiger partial charge >= 0.3 is 6.01 Å². The van der Waals surface area contributed by atoms with Crippen LogP contribution in [0, 0.1) is 23.1 Å². The Morgan fingerprint density at radius 3 is 2.70 bits per heavy atom. The van der Waals surface area contributed by atoms with E-state index in [1.54, 1.807) is 0 Å². The topological polar surface area (TPSA) is 85.6 Å². The molecule has 44 heavy (non-hydrogen) atoms. The van der Waals surface area contributed by atoms with Crippen LogP contribution in [0.1, 0.15) is 49.1 Å². The van der Waals surface area contributed by atoms with E-state index in [-0.39, 0.29) is 37.1 Å². The fourth-order valence-corrected chi connectivity index (χ4v) is 7.69. The lowest BCUT2D eigenvalue weighted by Crippen LogP contribution is -2.55. The number of benzene rings is 2. The molecule has 10 heteroatoms. The number of piperazine rings is 1. The Morgan fingerprint density at radius 2 is 1.98 bits per heavy atom. The van der Waals surface area contributed by atoms with E-state index in [1.807, 2.05) is 29.2 Å². The van der Waals surface area contributed by atoms with Crippen LogP contribution < -0.4 is 9.64 Å². The minimum Gasteiger partial charge on any atom is -0.462 e. The molecule has 8 nitrogen and oxygen atoms in total. The smallest absolute Gasteiger partial charge is 0.319 e. The number of rotatable bonds is 7. The first kappa shape index (κ1) is 28.7. The normalized spacial score (nSPS) is 24.5. The second-order valence-corrected chi connectivity index (χ2v) is 12.6. The molecule has 0 N–H and O–H groups in total. The van der Waals surface area contributed by atoms with Crippen molar-refractivity contribution in [1.29, 1.82) is 5.26 Å². The molecule has 7 rings (SSSR count). The number of anilines is 1. The third-order valence-electron chi connectivity index (χ3n) is 10.2. The molecule has 0 radical (unpaired) electrons. The number of likely N-dealkylation sites (tertiary alicyclic amines) is 1. The number of hydrogen-bond acceptors (Lipinski definition) is 7. The SMILES string of the molecule is C=C(F)C(=O)N1CCN(c2nc(OC[C@@H]3CCCN3C)nc3c(F)c(-c4cccc5c4C4CCC4C5)ccc23)C[C@@H]1CC#N. The zero-order valence-corrected chi connectivity index (χ0v) is 24.9. The van der Waals surface area contributed by atoms with Crippen LogP contribution in [-0.4, -0.2) is 77.6 Å². The first-order chi connectivity index (χ1) is 21.3. The van der Waals surface area contributed by atoms with Crippen LogP contribution in [-0.2, 0) is 11.2 Å². The first-order valence-corrected chi connectivity index (χ1v) is 15.6. The maximum absolute atomic E-state index is 16.7. The average molecular weight is 599 g/mol. The van der Waals surface area contributed by atoms with Crippen LogP contribution in [0.15, 0.2) is 42.7 Å². The van der Waals surface area contributed by atoms with Crippen molar-refractivity contribution in [1.82, 2.24) is 19.8 Å². The Morgan fingerprint density at radius 1 is 1.11 bits per heavy atom. The van der Waals surface area contributed by atoms with E-state index < -0.39 is 23.6 Å². The number of carbonyl (C=O) groups excluding carboxylic acids is 1. The minimum atomic E-state index is -1.06. The summed E-state index contributed by atoms with van der Waals surface area (Å²) in [6, 6.07) is 11.7. The number of nitrogens with zero attached hydrogens (tertiary/aromatic N) is 6.